The number of allylic oxidation sites excluding steroid dienone is 2. The lowest BCUT2D eigenvalue weighted by molar-refractivity contribution is -0.156. The Bertz CT molecular complexity index is 427. The van der Waals surface area contributed by atoms with E-state index in [1.165, 1.54) is 20.0 Å². The molecule has 0 heterocycles. The van der Waals surface area contributed by atoms with Gasteiger partial charge in [-0.05, 0) is 61.7 Å². The minimum absolute atomic E-state index is 0.0183. The first-order valence-electron chi connectivity index (χ1n) is 6.87. The number of methoxy groups -OCH3 is 1. The molecule has 92 valence electrons. The largest absolute Gasteiger partial charge is 0.469 e. The van der Waals surface area contributed by atoms with E-state index in [2.05, 4.69) is 19.1 Å². The smallest absolute Gasteiger partial charge is 0.311 e. The molecule has 2 bridgehead atoms. The van der Waals surface area contributed by atoms with Gasteiger partial charge in [0.05, 0.1) is 12.5 Å². The van der Waals surface area contributed by atoms with Gasteiger partial charge in [-0.1, -0.05) is 12.2 Å². The van der Waals surface area contributed by atoms with E-state index in [4.69, 9.17) is 4.74 Å². The Morgan fingerprint density at radius 3 is 2.88 bits per heavy atom. The third-order valence-electron chi connectivity index (χ3n) is 6.26. The van der Waals surface area contributed by atoms with Crippen LogP contribution in [-0.4, -0.2) is 13.1 Å². The molecule has 0 aromatic heterocycles. The molecule has 0 amide bonds. The van der Waals surface area contributed by atoms with Crippen LogP contribution in [0.2, 0.25) is 0 Å². The van der Waals surface area contributed by atoms with Gasteiger partial charge in [0.2, 0.25) is 0 Å². The van der Waals surface area contributed by atoms with Crippen molar-refractivity contribution in [3.05, 3.63) is 12.2 Å². The quantitative estimate of drug-likeness (QED) is 0.513. The fourth-order valence-electron chi connectivity index (χ4n) is 5.50. The average molecular weight is 232 g/mol. The molecule has 3 fully saturated rings. The van der Waals surface area contributed by atoms with Gasteiger partial charge in [0.1, 0.15) is 0 Å². The number of hydrogen-bond donors (Lipinski definition) is 0. The van der Waals surface area contributed by atoms with Crippen molar-refractivity contribution < 1.29 is 9.53 Å². The van der Waals surface area contributed by atoms with Crippen LogP contribution >= 0.6 is 0 Å². The van der Waals surface area contributed by atoms with Crippen LogP contribution in [0, 0.1) is 34.5 Å². The standard InChI is InChI=1S/C15H20O2/c1-14(13(16)17-2)6-11-7-15(11)10-4-3-9(5-10)12(15)8-14/h3-4,9-12H,5-8H2,1-2H3. The third-order valence-corrected chi connectivity index (χ3v) is 6.26. The highest BCUT2D eigenvalue weighted by Crippen LogP contribution is 2.78. The molecule has 1 spiro atoms. The van der Waals surface area contributed by atoms with E-state index in [9.17, 15) is 4.79 Å². The molecule has 6 atom stereocenters. The first-order valence-corrected chi connectivity index (χ1v) is 6.87. The van der Waals surface area contributed by atoms with Gasteiger partial charge in [-0.25, -0.2) is 0 Å². The molecule has 4 aliphatic rings. The summed E-state index contributed by atoms with van der Waals surface area (Å²) in [6.45, 7) is 2.12. The number of carbonyl (C=O) groups excluding carboxylic acids is 1. The molecule has 0 radical (unpaired) electrons. The van der Waals surface area contributed by atoms with Crippen molar-refractivity contribution in [1.29, 1.82) is 0 Å². The highest BCUT2D eigenvalue weighted by atomic mass is 16.5. The van der Waals surface area contributed by atoms with Gasteiger partial charge in [-0.2, -0.15) is 0 Å². The molecular weight excluding hydrogens is 212 g/mol. The van der Waals surface area contributed by atoms with Crippen LogP contribution in [0.1, 0.15) is 32.6 Å². The molecule has 0 N–H and O–H groups in total. The number of esters is 1. The molecule has 0 saturated heterocycles. The molecule has 0 aliphatic heterocycles. The van der Waals surface area contributed by atoms with E-state index in [0.29, 0.717) is 5.41 Å². The summed E-state index contributed by atoms with van der Waals surface area (Å²) in [5, 5.41) is 0. The number of carbonyl (C=O) groups is 1. The maximum absolute atomic E-state index is 12.0. The van der Waals surface area contributed by atoms with Gasteiger partial charge < -0.3 is 4.74 Å². The van der Waals surface area contributed by atoms with E-state index >= 15 is 0 Å². The highest BCUT2D eigenvalue weighted by Gasteiger charge is 2.73. The second-order valence-electron chi connectivity index (χ2n) is 6.97. The van der Waals surface area contributed by atoms with Crippen LogP contribution in [0.3, 0.4) is 0 Å². The fourth-order valence-corrected chi connectivity index (χ4v) is 5.50. The first kappa shape index (κ1) is 10.2. The van der Waals surface area contributed by atoms with Gasteiger partial charge >= 0.3 is 5.97 Å². The Hall–Kier alpha value is -0.790. The second-order valence-corrected chi connectivity index (χ2v) is 6.97. The van der Waals surface area contributed by atoms with E-state index in [1.807, 2.05) is 0 Å². The Kier molecular flexibility index (Phi) is 1.66. The zero-order chi connectivity index (χ0) is 11.8. The summed E-state index contributed by atoms with van der Waals surface area (Å²) in [6.07, 6.45) is 9.73. The SMILES string of the molecule is COC(=O)C1(C)CC2CC23C2C=CC(C2)C3C1. The Morgan fingerprint density at radius 2 is 2.12 bits per heavy atom. The molecule has 4 rings (SSSR count). The van der Waals surface area contributed by atoms with Crippen molar-refractivity contribution in [3.63, 3.8) is 0 Å². The third kappa shape index (κ3) is 1.01. The molecule has 6 unspecified atom stereocenters. The van der Waals surface area contributed by atoms with Crippen LogP contribution in [0.15, 0.2) is 12.2 Å². The number of hydrogen-bond acceptors (Lipinski definition) is 2. The molecular formula is C15H20O2. The lowest BCUT2D eigenvalue weighted by Crippen LogP contribution is -2.40. The molecule has 4 aliphatic carbocycles. The van der Waals surface area contributed by atoms with Gasteiger partial charge in [-0.3, -0.25) is 4.79 Å². The predicted octanol–water partition coefficient (Wildman–Crippen LogP) is 2.79. The summed E-state index contributed by atoms with van der Waals surface area (Å²) in [4.78, 5) is 12.0. The van der Waals surface area contributed by atoms with E-state index in [-0.39, 0.29) is 11.4 Å². The van der Waals surface area contributed by atoms with Crippen LogP contribution < -0.4 is 0 Å². The van der Waals surface area contributed by atoms with Crippen LogP contribution in [0.5, 0.6) is 0 Å². The average Bonchev–Trinajstić information content (AvgIpc) is 2.72. The van der Waals surface area contributed by atoms with Crippen LogP contribution in [0.25, 0.3) is 0 Å². The predicted molar refractivity (Wildman–Crippen MR) is 64.1 cm³/mol. The number of rotatable bonds is 1. The lowest BCUT2D eigenvalue weighted by atomic mass is 9.63. The Morgan fingerprint density at radius 1 is 1.29 bits per heavy atom. The summed E-state index contributed by atoms with van der Waals surface area (Å²) in [6, 6.07) is 0. The second kappa shape index (κ2) is 2.78. The maximum atomic E-state index is 12.0. The molecule has 3 saturated carbocycles. The fraction of sp³-hybridized carbons (Fsp3) is 0.800. The Balaban J connectivity index is 1.69. The van der Waals surface area contributed by atoms with Crippen molar-refractivity contribution in [1.82, 2.24) is 0 Å². The number of ether oxygens (including phenoxy) is 1. The van der Waals surface area contributed by atoms with E-state index < -0.39 is 0 Å². The molecule has 17 heavy (non-hydrogen) atoms. The monoisotopic (exact) mass is 232 g/mol. The van der Waals surface area contributed by atoms with Crippen molar-refractivity contribution >= 4 is 5.97 Å². The van der Waals surface area contributed by atoms with Crippen molar-refractivity contribution in [2.24, 2.45) is 34.5 Å². The van der Waals surface area contributed by atoms with Gasteiger partial charge in [0.25, 0.3) is 0 Å². The van der Waals surface area contributed by atoms with E-state index in [0.717, 1.165) is 36.5 Å². The van der Waals surface area contributed by atoms with Gasteiger partial charge in [0, 0.05) is 0 Å². The summed E-state index contributed by atoms with van der Waals surface area (Å²) in [5.41, 5.74) is 0.412. The van der Waals surface area contributed by atoms with E-state index in [1.54, 1.807) is 0 Å². The van der Waals surface area contributed by atoms with Crippen LogP contribution in [0.4, 0.5) is 0 Å². The molecule has 2 nitrogen and oxygen atoms in total. The lowest BCUT2D eigenvalue weighted by Gasteiger charge is -2.41. The minimum atomic E-state index is -0.206. The van der Waals surface area contributed by atoms with Crippen molar-refractivity contribution in [2.45, 2.75) is 32.6 Å². The normalized spacial score (nSPS) is 57.5. The topological polar surface area (TPSA) is 26.3 Å². The Labute approximate surface area is 102 Å². The maximum Gasteiger partial charge on any atom is 0.311 e. The zero-order valence-electron chi connectivity index (χ0n) is 10.6. The molecule has 2 heteroatoms. The van der Waals surface area contributed by atoms with Gasteiger partial charge in [0.15, 0.2) is 0 Å². The van der Waals surface area contributed by atoms with Crippen molar-refractivity contribution in [2.75, 3.05) is 7.11 Å². The highest BCUT2D eigenvalue weighted by molar-refractivity contribution is 5.76. The van der Waals surface area contributed by atoms with Crippen LogP contribution in [-0.2, 0) is 9.53 Å². The van der Waals surface area contributed by atoms with Crippen molar-refractivity contribution in [3.8, 4) is 0 Å². The van der Waals surface area contributed by atoms with Gasteiger partial charge in [-0.15, -0.1) is 0 Å². The number of fused-ring (bicyclic) bond motifs is 3. The summed E-state index contributed by atoms with van der Waals surface area (Å²) >= 11 is 0. The molecule has 0 aromatic rings. The zero-order valence-corrected chi connectivity index (χ0v) is 10.6. The summed E-state index contributed by atoms with van der Waals surface area (Å²) < 4.78 is 5.03. The minimum Gasteiger partial charge on any atom is -0.469 e. The summed E-state index contributed by atoms with van der Waals surface area (Å²) in [5.74, 6) is 3.18. The molecule has 0 aromatic carbocycles. The first-order chi connectivity index (χ1) is 8.10. The summed E-state index contributed by atoms with van der Waals surface area (Å²) in [7, 11) is 1.53.